The van der Waals surface area contributed by atoms with E-state index in [1.54, 1.807) is 49.6 Å². The molecule has 2 aromatic heterocycles. The molecule has 10 nitrogen and oxygen atoms in total. The molecule has 1 N–H and O–H groups in total. The van der Waals surface area contributed by atoms with Gasteiger partial charge < -0.3 is 24.1 Å². The van der Waals surface area contributed by atoms with Gasteiger partial charge in [-0.2, -0.15) is 0 Å². The van der Waals surface area contributed by atoms with Gasteiger partial charge in [0.1, 0.15) is 11.5 Å². The van der Waals surface area contributed by atoms with Crippen molar-refractivity contribution in [2.75, 3.05) is 33.3 Å². The van der Waals surface area contributed by atoms with Crippen LogP contribution in [0.5, 0.6) is 23.0 Å². The molecule has 38 heavy (non-hydrogen) atoms. The molecule has 4 aromatic rings. The number of ketones is 1. The number of aromatic nitrogens is 2. The van der Waals surface area contributed by atoms with E-state index >= 15 is 0 Å². The Bertz CT molecular complexity index is 1560. The summed E-state index contributed by atoms with van der Waals surface area (Å²) in [6, 6.07) is 10.7. The lowest BCUT2D eigenvalue weighted by molar-refractivity contribution is -0.132. The van der Waals surface area contributed by atoms with Gasteiger partial charge in [-0.25, -0.2) is 4.98 Å². The number of fused-ring (bicyclic) bond motifs is 1. The molecule has 1 saturated heterocycles. The standard InChI is InChI=1S/C27H23N3O7S/c1-34-16-5-6-17-20(13-16)38-27(29-17)30-22(15-11-18(35-2)25(37-4)19(12-15)36-3)21(24(32)26(30)33)23(31)14-7-9-28-10-8-14/h5-13,22,31H,1-4H3. The van der Waals surface area contributed by atoms with E-state index in [9.17, 15) is 14.7 Å². The molecule has 0 aliphatic carbocycles. The molecule has 5 rings (SSSR count). The monoisotopic (exact) mass is 533 g/mol. The van der Waals surface area contributed by atoms with Crippen LogP contribution in [-0.2, 0) is 9.59 Å². The number of aliphatic hydroxyl groups is 1. The van der Waals surface area contributed by atoms with Crippen LogP contribution >= 0.6 is 11.3 Å². The van der Waals surface area contributed by atoms with Crippen LogP contribution in [0.3, 0.4) is 0 Å². The summed E-state index contributed by atoms with van der Waals surface area (Å²) in [5.74, 6) is -0.392. The van der Waals surface area contributed by atoms with Gasteiger partial charge in [0.2, 0.25) is 5.75 Å². The Kier molecular flexibility index (Phi) is 6.60. The third kappa shape index (κ3) is 4.06. The lowest BCUT2D eigenvalue weighted by Gasteiger charge is -2.24. The number of methoxy groups -OCH3 is 4. The second-order valence-electron chi connectivity index (χ2n) is 8.19. The third-order valence-electron chi connectivity index (χ3n) is 6.19. The molecule has 2 aromatic carbocycles. The van der Waals surface area contributed by atoms with Gasteiger partial charge in [0, 0.05) is 18.0 Å². The first-order valence-corrected chi connectivity index (χ1v) is 12.2. The fourth-order valence-corrected chi connectivity index (χ4v) is 5.41. The fourth-order valence-electron chi connectivity index (χ4n) is 4.39. The van der Waals surface area contributed by atoms with Gasteiger partial charge in [0.25, 0.3) is 5.78 Å². The Morgan fingerprint density at radius 2 is 1.61 bits per heavy atom. The van der Waals surface area contributed by atoms with Gasteiger partial charge in [-0.3, -0.25) is 19.5 Å². The minimum atomic E-state index is -1.04. The summed E-state index contributed by atoms with van der Waals surface area (Å²) < 4.78 is 22.6. The van der Waals surface area contributed by atoms with Crippen molar-refractivity contribution in [2.45, 2.75) is 6.04 Å². The second-order valence-corrected chi connectivity index (χ2v) is 9.20. The average molecular weight is 534 g/mol. The molecular weight excluding hydrogens is 510 g/mol. The van der Waals surface area contributed by atoms with E-state index in [-0.39, 0.29) is 16.5 Å². The number of nitrogens with zero attached hydrogens (tertiary/aromatic N) is 3. The number of carbonyl (C=O) groups is 2. The van der Waals surface area contributed by atoms with E-state index < -0.39 is 17.7 Å². The van der Waals surface area contributed by atoms with Crippen LogP contribution in [0.2, 0.25) is 0 Å². The van der Waals surface area contributed by atoms with E-state index in [0.717, 1.165) is 4.70 Å². The van der Waals surface area contributed by atoms with Crippen LogP contribution < -0.4 is 23.8 Å². The SMILES string of the molecule is COc1ccc2nc(N3C(=O)C(=O)C(=C(O)c4ccncc4)C3c3cc(OC)c(OC)c(OC)c3)sc2c1. The Morgan fingerprint density at radius 1 is 0.921 bits per heavy atom. The number of hydrogen-bond acceptors (Lipinski definition) is 10. The smallest absolute Gasteiger partial charge is 0.301 e. The second kappa shape index (κ2) is 10.0. The molecule has 11 heteroatoms. The van der Waals surface area contributed by atoms with Gasteiger partial charge in [-0.15, -0.1) is 0 Å². The molecule has 194 valence electrons. The number of hydrogen-bond donors (Lipinski definition) is 1. The summed E-state index contributed by atoms with van der Waals surface area (Å²) in [5.41, 5.74) is 1.31. The first kappa shape index (κ1) is 25.0. The van der Waals surface area contributed by atoms with Gasteiger partial charge >= 0.3 is 5.91 Å². The van der Waals surface area contributed by atoms with Crippen LogP contribution in [0.15, 0.2) is 60.4 Å². The molecule has 0 radical (unpaired) electrons. The maximum atomic E-state index is 13.5. The van der Waals surface area contributed by atoms with E-state index in [1.165, 1.54) is 50.0 Å². The van der Waals surface area contributed by atoms with Crippen LogP contribution in [0.25, 0.3) is 16.0 Å². The molecule has 3 heterocycles. The van der Waals surface area contributed by atoms with E-state index in [0.29, 0.717) is 39.6 Å². The number of anilines is 1. The molecule has 0 saturated carbocycles. The van der Waals surface area contributed by atoms with Gasteiger partial charge in [0.05, 0.1) is 50.3 Å². The summed E-state index contributed by atoms with van der Waals surface area (Å²) in [7, 11) is 5.97. The Hall–Kier alpha value is -4.64. The predicted molar refractivity (Wildman–Crippen MR) is 141 cm³/mol. The number of Topliss-reactive ketones (excluding diaryl/α,β-unsaturated/α-hetero) is 1. The van der Waals surface area contributed by atoms with Crippen molar-refractivity contribution >= 4 is 44.1 Å². The first-order chi connectivity index (χ1) is 18.4. The summed E-state index contributed by atoms with van der Waals surface area (Å²) in [5, 5.41) is 11.6. The minimum Gasteiger partial charge on any atom is -0.507 e. The number of amides is 1. The predicted octanol–water partition coefficient (Wildman–Crippen LogP) is 4.35. The van der Waals surface area contributed by atoms with E-state index in [4.69, 9.17) is 18.9 Å². The topological polar surface area (TPSA) is 120 Å². The zero-order valence-corrected chi connectivity index (χ0v) is 21.7. The van der Waals surface area contributed by atoms with Crippen molar-refractivity contribution in [1.82, 2.24) is 9.97 Å². The van der Waals surface area contributed by atoms with Crippen molar-refractivity contribution in [2.24, 2.45) is 0 Å². The van der Waals surface area contributed by atoms with E-state index in [2.05, 4.69) is 9.97 Å². The quantitative estimate of drug-likeness (QED) is 0.210. The fraction of sp³-hybridized carbons (Fsp3) is 0.185. The Morgan fingerprint density at radius 3 is 2.21 bits per heavy atom. The number of thiazole rings is 1. The van der Waals surface area contributed by atoms with Crippen LogP contribution in [0.1, 0.15) is 17.2 Å². The minimum absolute atomic E-state index is 0.104. The van der Waals surface area contributed by atoms with E-state index in [1.807, 2.05) is 0 Å². The largest absolute Gasteiger partial charge is 0.507 e. The molecule has 0 spiro atoms. The highest BCUT2D eigenvalue weighted by Gasteiger charge is 2.48. The van der Waals surface area contributed by atoms with Crippen molar-refractivity contribution in [1.29, 1.82) is 0 Å². The Balaban J connectivity index is 1.77. The number of carbonyl (C=O) groups excluding carboxylic acids is 2. The van der Waals surface area contributed by atoms with Crippen LogP contribution in [-0.4, -0.2) is 55.2 Å². The first-order valence-electron chi connectivity index (χ1n) is 11.4. The maximum Gasteiger partial charge on any atom is 0.301 e. The zero-order chi connectivity index (χ0) is 27.0. The lowest BCUT2D eigenvalue weighted by Crippen LogP contribution is -2.29. The highest BCUT2D eigenvalue weighted by molar-refractivity contribution is 7.22. The Labute approximate surface area is 221 Å². The number of pyridine rings is 1. The summed E-state index contributed by atoms with van der Waals surface area (Å²) in [4.78, 5) is 36.9. The van der Waals surface area contributed by atoms with Crippen LogP contribution in [0.4, 0.5) is 5.13 Å². The molecular formula is C27H23N3O7S. The van der Waals surface area contributed by atoms with Crippen molar-refractivity contribution < 1.29 is 33.6 Å². The molecule has 1 unspecified atom stereocenters. The number of aliphatic hydroxyl groups excluding tert-OH is 1. The number of benzene rings is 2. The molecule has 1 fully saturated rings. The third-order valence-corrected chi connectivity index (χ3v) is 7.21. The maximum absolute atomic E-state index is 13.5. The summed E-state index contributed by atoms with van der Waals surface area (Å²) >= 11 is 1.23. The molecule has 1 atom stereocenters. The molecule has 1 amide bonds. The summed E-state index contributed by atoms with van der Waals surface area (Å²) in [6.07, 6.45) is 2.97. The highest BCUT2D eigenvalue weighted by atomic mass is 32.1. The highest BCUT2D eigenvalue weighted by Crippen LogP contribution is 2.48. The summed E-state index contributed by atoms with van der Waals surface area (Å²) in [6.45, 7) is 0. The lowest BCUT2D eigenvalue weighted by atomic mass is 9.95. The molecule has 1 aliphatic rings. The van der Waals surface area contributed by atoms with Crippen LogP contribution in [0, 0.1) is 0 Å². The van der Waals surface area contributed by atoms with Gasteiger partial charge in [0.15, 0.2) is 16.6 Å². The molecule has 1 aliphatic heterocycles. The van der Waals surface area contributed by atoms with Crippen molar-refractivity contribution in [3.8, 4) is 23.0 Å². The molecule has 0 bridgehead atoms. The van der Waals surface area contributed by atoms with Gasteiger partial charge in [-0.1, -0.05) is 11.3 Å². The van der Waals surface area contributed by atoms with Crippen molar-refractivity contribution in [3.63, 3.8) is 0 Å². The average Bonchev–Trinajstić information content (AvgIpc) is 3.49. The van der Waals surface area contributed by atoms with Gasteiger partial charge in [-0.05, 0) is 48.0 Å². The normalized spacial score (nSPS) is 16.6. The number of ether oxygens (including phenoxy) is 4. The van der Waals surface area contributed by atoms with Crippen molar-refractivity contribution in [3.05, 3.63) is 71.6 Å². The zero-order valence-electron chi connectivity index (χ0n) is 20.9. The number of rotatable bonds is 7.